The fourth-order valence-electron chi connectivity index (χ4n) is 2.49. The molecule has 2 aliphatic rings. The van der Waals surface area contributed by atoms with Crippen LogP contribution in [0, 0.1) is 17.8 Å². The van der Waals surface area contributed by atoms with E-state index in [1.54, 1.807) is 0 Å². The average molecular weight is 152 g/mol. The Morgan fingerprint density at radius 1 is 1.45 bits per heavy atom. The molecule has 1 aliphatic heterocycles. The van der Waals surface area contributed by atoms with Gasteiger partial charge in [-0.2, -0.15) is 0 Å². The number of hydrogen-bond donors (Lipinski definition) is 0. The van der Waals surface area contributed by atoms with Gasteiger partial charge in [-0.25, -0.2) is 0 Å². The zero-order valence-electron chi connectivity index (χ0n) is 7.34. The summed E-state index contributed by atoms with van der Waals surface area (Å²) in [5, 5.41) is 0. The van der Waals surface area contributed by atoms with Crippen molar-refractivity contribution in [1.82, 2.24) is 0 Å². The number of hydrogen-bond acceptors (Lipinski definition) is 1. The van der Waals surface area contributed by atoms with Crippen molar-refractivity contribution in [2.24, 2.45) is 17.8 Å². The maximum Gasteiger partial charge on any atom is 0.0909 e. The second-order valence-corrected chi connectivity index (χ2v) is 4.02. The molecular formula is C10H16O. The lowest BCUT2D eigenvalue weighted by atomic mass is 9.86. The minimum absolute atomic E-state index is 0.819. The lowest BCUT2D eigenvalue weighted by molar-refractivity contribution is 0.128. The standard InChI is InChI=1S/C10H16O/c1-7-3-4-9-8(2)5-11-6-10(7)9/h5,7,9-10H,3-4,6H2,1-2H3/t7-,9+,10?/m0/s1. The lowest BCUT2D eigenvalue weighted by Gasteiger charge is -2.27. The molecule has 0 spiro atoms. The van der Waals surface area contributed by atoms with E-state index in [0.29, 0.717) is 0 Å². The van der Waals surface area contributed by atoms with Crippen LogP contribution in [0.5, 0.6) is 0 Å². The van der Waals surface area contributed by atoms with Crippen molar-refractivity contribution < 1.29 is 4.74 Å². The van der Waals surface area contributed by atoms with E-state index in [1.807, 2.05) is 6.26 Å². The molecule has 0 aromatic carbocycles. The molecule has 62 valence electrons. The van der Waals surface area contributed by atoms with Gasteiger partial charge in [0.05, 0.1) is 12.9 Å². The fourth-order valence-corrected chi connectivity index (χ4v) is 2.49. The second kappa shape index (κ2) is 2.54. The number of fused-ring (bicyclic) bond motifs is 1. The molecule has 0 aromatic rings. The molecule has 1 fully saturated rings. The summed E-state index contributed by atoms with van der Waals surface area (Å²) in [7, 11) is 0. The molecule has 11 heavy (non-hydrogen) atoms. The van der Waals surface area contributed by atoms with Crippen LogP contribution in [0.15, 0.2) is 11.8 Å². The molecule has 0 N–H and O–H groups in total. The summed E-state index contributed by atoms with van der Waals surface area (Å²) in [5.41, 5.74) is 1.46. The van der Waals surface area contributed by atoms with E-state index in [-0.39, 0.29) is 0 Å². The molecule has 0 aromatic heterocycles. The highest BCUT2D eigenvalue weighted by atomic mass is 16.5. The van der Waals surface area contributed by atoms with Crippen molar-refractivity contribution in [3.8, 4) is 0 Å². The van der Waals surface area contributed by atoms with Crippen LogP contribution in [0.2, 0.25) is 0 Å². The van der Waals surface area contributed by atoms with Crippen LogP contribution in [0.3, 0.4) is 0 Å². The van der Waals surface area contributed by atoms with Crippen molar-refractivity contribution in [2.75, 3.05) is 6.61 Å². The molecule has 3 atom stereocenters. The zero-order valence-corrected chi connectivity index (χ0v) is 7.34. The summed E-state index contributed by atoms with van der Waals surface area (Å²) >= 11 is 0. The first-order valence-corrected chi connectivity index (χ1v) is 4.57. The van der Waals surface area contributed by atoms with Gasteiger partial charge in [0.1, 0.15) is 0 Å². The lowest BCUT2D eigenvalue weighted by Crippen LogP contribution is -2.23. The normalized spacial score (nSPS) is 42.7. The van der Waals surface area contributed by atoms with Gasteiger partial charge in [0.2, 0.25) is 0 Å². The maximum atomic E-state index is 5.40. The van der Waals surface area contributed by atoms with Crippen LogP contribution < -0.4 is 0 Å². The molecule has 1 heteroatoms. The molecule has 1 saturated carbocycles. The number of allylic oxidation sites excluding steroid dienone is 1. The highest BCUT2D eigenvalue weighted by molar-refractivity contribution is 5.08. The first kappa shape index (κ1) is 7.20. The summed E-state index contributed by atoms with van der Waals surface area (Å²) in [6, 6.07) is 0. The van der Waals surface area contributed by atoms with E-state index in [0.717, 1.165) is 24.4 Å². The van der Waals surface area contributed by atoms with Crippen LogP contribution in [-0.4, -0.2) is 6.61 Å². The van der Waals surface area contributed by atoms with Crippen LogP contribution in [0.4, 0.5) is 0 Å². The molecular weight excluding hydrogens is 136 g/mol. The SMILES string of the molecule is CC1=COCC2[C@@H]1CC[C@@H]2C. The zero-order chi connectivity index (χ0) is 7.84. The highest BCUT2D eigenvalue weighted by Crippen LogP contribution is 2.42. The quantitative estimate of drug-likeness (QED) is 0.518. The first-order valence-electron chi connectivity index (χ1n) is 4.57. The van der Waals surface area contributed by atoms with Crippen LogP contribution in [-0.2, 0) is 4.74 Å². The fraction of sp³-hybridized carbons (Fsp3) is 0.800. The van der Waals surface area contributed by atoms with Crippen LogP contribution >= 0.6 is 0 Å². The number of ether oxygens (including phenoxy) is 1. The van der Waals surface area contributed by atoms with Gasteiger partial charge in [-0.3, -0.25) is 0 Å². The molecule has 1 aliphatic carbocycles. The van der Waals surface area contributed by atoms with E-state index < -0.39 is 0 Å². The van der Waals surface area contributed by atoms with Crippen molar-refractivity contribution in [3.05, 3.63) is 11.8 Å². The number of rotatable bonds is 0. The van der Waals surface area contributed by atoms with Crippen molar-refractivity contribution in [1.29, 1.82) is 0 Å². The third-order valence-electron chi connectivity index (χ3n) is 3.32. The van der Waals surface area contributed by atoms with Gasteiger partial charge >= 0.3 is 0 Å². The van der Waals surface area contributed by atoms with Crippen molar-refractivity contribution in [3.63, 3.8) is 0 Å². The molecule has 2 rings (SSSR count). The van der Waals surface area contributed by atoms with Crippen LogP contribution in [0.1, 0.15) is 26.7 Å². The molecule has 0 saturated heterocycles. The summed E-state index contributed by atoms with van der Waals surface area (Å²) < 4.78 is 5.40. The van der Waals surface area contributed by atoms with E-state index in [4.69, 9.17) is 4.74 Å². The predicted octanol–water partition coefficient (Wildman–Crippen LogP) is 2.58. The Labute approximate surface area is 68.4 Å². The molecule has 0 bridgehead atoms. The predicted molar refractivity (Wildman–Crippen MR) is 45.1 cm³/mol. The Hall–Kier alpha value is -0.460. The van der Waals surface area contributed by atoms with Gasteiger partial charge < -0.3 is 4.74 Å². The van der Waals surface area contributed by atoms with Gasteiger partial charge in [0.15, 0.2) is 0 Å². The molecule has 0 amide bonds. The van der Waals surface area contributed by atoms with E-state index in [2.05, 4.69) is 13.8 Å². The van der Waals surface area contributed by atoms with Gasteiger partial charge in [-0.05, 0) is 37.2 Å². The van der Waals surface area contributed by atoms with E-state index in [1.165, 1.54) is 18.4 Å². The van der Waals surface area contributed by atoms with E-state index >= 15 is 0 Å². The molecule has 1 heterocycles. The summed E-state index contributed by atoms with van der Waals surface area (Å²) in [6.07, 6.45) is 4.74. The average Bonchev–Trinajstić information content (AvgIpc) is 2.35. The molecule has 0 radical (unpaired) electrons. The third kappa shape index (κ3) is 1.07. The topological polar surface area (TPSA) is 9.23 Å². The Balaban J connectivity index is 2.18. The first-order chi connectivity index (χ1) is 5.29. The Kier molecular flexibility index (Phi) is 1.67. The largest absolute Gasteiger partial charge is 0.501 e. The van der Waals surface area contributed by atoms with Gasteiger partial charge in [-0.15, -0.1) is 0 Å². The second-order valence-electron chi connectivity index (χ2n) is 4.02. The summed E-state index contributed by atoms with van der Waals surface area (Å²) in [5.74, 6) is 2.54. The van der Waals surface area contributed by atoms with Gasteiger partial charge in [0.25, 0.3) is 0 Å². The Bertz CT molecular complexity index is 183. The van der Waals surface area contributed by atoms with Gasteiger partial charge in [0, 0.05) is 5.92 Å². The maximum absolute atomic E-state index is 5.40. The third-order valence-corrected chi connectivity index (χ3v) is 3.32. The molecule has 1 nitrogen and oxygen atoms in total. The summed E-state index contributed by atoms with van der Waals surface area (Å²) in [4.78, 5) is 0. The Morgan fingerprint density at radius 3 is 3.00 bits per heavy atom. The minimum atomic E-state index is 0.819. The monoisotopic (exact) mass is 152 g/mol. The summed E-state index contributed by atoms with van der Waals surface area (Å²) in [6.45, 7) is 5.52. The van der Waals surface area contributed by atoms with E-state index in [9.17, 15) is 0 Å². The Morgan fingerprint density at radius 2 is 2.27 bits per heavy atom. The minimum Gasteiger partial charge on any atom is -0.501 e. The highest BCUT2D eigenvalue weighted by Gasteiger charge is 2.36. The smallest absolute Gasteiger partial charge is 0.0909 e. The van der Waals surface area contributed by atoms with Crippen molar-refractivity contribution >= 4 is 0 Å². The van der Waals surface area contributed by atoms with Crippen LogP contribution in [0.25, 0.3) is 0 Å². The molecule has 1 unspecified atom stereocenters. The van der Waals surface area contributed by atoms with Gasteiger partial charge in [-0.1, -0.05) is 6.92 Å². The van der Waals surface area contributed by atoms with Crippen molar-refractivity contribution in [2.45, 2.75) is 26.7 Å².